The summed E-state index contributed by atoms with van der Waals surface area (Å²) in [6.45, 7) is 7.73. The Kier molecular flexibility index (Phi) is 5.32. The normalized spacial score (nSPS) is 25.7. The van der Waals surface area contributed by atoms with Gasteiger partial charge in [0.05, 0.1) is 18.4 Å². The van der Waals surface area contributed by atoms with Crippen LogP contribution in [0.15, 0.2) is 12.3 Å². The quantitative estimate of drug-likeness (QED) is 0.822. The van der Waals surface area contributed by atoms with E-state index in [4.69, 9.17) is 4.74 Å². The second-order valence-corrected chi connectivity index (χ2v) is 8.04. The number of aliphatic hydroxyl groups is 1. The highest BCUT2D eigenvalue weighted by molar-refractivity contribution is 5.95. The minimum Gasteiger partial charge on any atom is -0.492 e. The SMILES string of the molecule is CC[C@]1(O)C[C@@H](CN2C(=O)CCc3cc(OCCC(C)C)cnc32)C1. The lowest BCUT2D eigenvalue weighted by Gasteiger charge is -2.45. The third kappa shape index (κ3) is 4.14. The maximum atomic E-state index is 12.4. The lowest BCUT2D eigenvalue weighted by atomic mass is 9.69. The van der Waals surface area contributed by atoms with E-state index in [2.05, 4.69) is 18.8 Å². The molecule has 25 heavy (non-hydrogen) atoms. The van der Waals surface area contributed by atoms with E-state index in [1.807, 2.05) is 17.9 Å². The van der Waals surface area contributed by atoms with Crippen molar-refractivity contribution in [3.63, 3.8) is 0 Å². The summed E-state index contributed by atoms with van der Waals surface area (Å²) in [4.78, 5) is 18.7. The van der Waals surface area contributed by atoms with Crippen LogP contribution in [-0.4, -0.2) is 34.8 Å². The highest BCUT2D eigenvalue weighted by Gasteiger charge is 2.42. The Morgan fingerprint density at radius 3 is 2.84 bits per heavy atom. The van der Waals surface area contributed by atoms with Crippen LogP contribution in [0.2, 0.25) is 0 Å². The van der Waals surface area contributed by atoms with Gasteiger partial charge in [-0.3, -0.25) is 9.69 Å². The van der Waals surface area contributed by atoms with Gasteiger partial charge in [-0.25, -0.2) is 4.98 Å². The Bertz CT molecular complexity index is 623. The van der Waals surface area contributed by atoms with Crippen molar-refractivity contribution < 1.29 is 14.6 Å². The fourth-order valence-corrected chi connectivity index (χ4v) is 3.77. The second-order valence-electron chi connectivity index (χ2n) is 8.04. The van der Waals surface area contributed by atoms with Crippen molar-refractivity contribution in [1.82, 2.24) is 4.98 Å². The lowest BCUT2D eigenvalue weighted by Crippen LogP contribution is -2.50. The number of hydrogen-bond acceptors (Lipinski definition) is 4. The summed E-state index contributed by atoms with van der Waals surface area (Å²) >= 11 is 0. The molecule has 1 aromatic rings. The molecule has 0 bridgehead atoms. The van der Waals surface area contributed by atoms with Gasteiger partial charge in [-0.1, -0.05) is 20.8 Å². The molecule has 0 saturated heterocycles. The van der Waals surface area contributed by atoms with Gasteiger partial charge in [0, 0.05) is 13.0 Å². The van der Waals surface area contributed by atoms with Crippen molar-refractivity contribution in [2.75, 3.05) is 18.1 Å². The van der Waals surface area contributed by atoms with E-state index in [1.165, 1.54) is 0 Å². The molecule has 1 saturated carbocycles. The predicted molar refractivity (Wildman–Crippen MR) is 97.8 cm³/mol. The van der Waals surface area contributed by atoms with E-state index in [-0.39, 0.29) is 5.91 Å². The highest BCUT2D eigenvalue weighted by Crippen LogP contribution is 2.41. The Morgan fingerprint density at radius 2 is 2.16 bits per heavy atom. The van der Waals surface area contributed by atoms with E-state index >= 15 is 0 Å². The molecule has 5 nitrogen and oxygen atoms in total. The number of anilines is 1. The first-order valence-corrected chi connectivity index (χ1v) is 9.54. The summed E-state index contributed by atoms with van der Waals surface area (Å²) in [6, 6.07) is 2.03. The molecule has 1 aromatic heterocycles. The van der Waals surface area contributed by atoms with Crippen LogP contribution in [0.1, 0.15) is 58.4 Å². The third-order valence-corrected chi connectivity index (χ3v) is 5.48. The molecule has 0 unspecified atom stereocenters. The summed E-state index contributed by atoms with van der Waals surface area (Å²) in [6.07, 6.45) is 6.33. The van der Waals surface area contributed by atoms with Crippen LogP contribution < -0.4 is 9.64 Å². The van der Waals surface area contributed by atoms with Gasteiger partial charge in [-0.05, 0) is 55.6 Å². The van der Waals surface area contributed by atoms with Crippen LogP contribution in [0.3, 0.4) is 0 Å². The molecule has 5 heteroatoms. The van der Waals surface area contributed by atoms with Gasteiger partial charge >= 0.3 is 0 Å². The number of ether oxygens (including phenoxy) is 1. The molecule has 0 radical (unpaired) electrons. The second kappa shape index (κ2) is 7.32. The van der Waals surface area contributed by atoms with Gasteiger partial charge in [0.25, 0.3) is 0 Å². The van der Waals surface area contributed by atoms with Crippen molar-refractivity contribution in [2.24, 2.45) is 11.8 Å². The molecule has 138 valence electrons. The number of aromatic nitrogens is 1. The molecule has 2 aliphatic rings. The Morgan fingerprint density at radius 1 is 1.40 bits per heavy atom. The molecule has 1 fully saturated rings. The minimum atomic E-state index is -0.520. The van der Waals surface area contributed by atoms with Gasteiger partial charge in [0.1, 0.15) is 11.6 Å². The zero-order valence-corrected chi connectivity index (χ0v) is 15.6. The summed E-state index contributed by atoms with van der Waals surface area (Å²) < 4.78 is 5.80. The molecular weight excluding hydrogens is 316 g/mol. The Balaban J connectivity index is 1.65. The number of hydrogen-bond donors (Lipinski definition) is 1. The molecule has 3 rings (SSSR count). The van der Waals surface area contributed by atoms with Gasteiger partial charge in [-0.2, -0.15) is 0 Å². The van der Waals surface area contributed by atoms with Crippen LogP contribution >= 0.6 is 0 Å². The van der Waals surface area contributed by atoms with Gasteiger partial charge in [0.15, 0.2) is 0 Å². The van der Waals surface area contributed by atoms with E-state index in [9.17, 15) is 9.90 Å². The van der Waals surface area contributed by atoms with Crippen LogP contribution in [0.5, 0.6) is 5.75 Å². The van der Waals surface area contributed by atoms with E-state index in [1.54, 1.807) is 6.20 Å². The third-order valence-electron chi connectivity index (χ3n) is 5.48. The van der Waals surface area contributed by atoms with Crippen molar-refractivity contribution in [3.05, 3.63) is 17.8 Å². The smallest absolute Gasteiger partial charge is 0.228 e. The number of carbonyl (C=O) groups is 1. The fraction of sp³-hybridized carbons (Fsp3) is 0.700. The maximum Gasteiger partial charge on any atom is 0.228 e. The molecule has 2 heterocycles. The van der Waals surface area contributed by atoms with Crippen LogP contribution in [0.4, 0.5) is 5.82 Å². The van der Waals surface area contributed by atoms with Crippen molar-refractivity contribution in [3.8, 4) is 5.75 Å². The molecule has 1 aliphatic heterocycles. The number of fused-ring (bicyclic) bond motifs is 1. The van der Waals surface area contributed by atoms with Gasteiger partial charge < -0.3 is 9.84 Å². The van der Waals surface area contributed by atoms with Crippen LogP contribution in [-0.2, 0) is 11.2 Å². The monoisotopic (exact) mass is 346 g/mol. The Hall–Kier alpha value is -1.62. The molecular formula is C20H30N2O3. The number of rotatable bonds is 7. The van der Waals surface area contributed by atoms with Crippen molar-refractivity contribution in [2.45, 2.75) is 64.9 Å². The summed E-state index contributed by atoms with van der Waals surface area (Å²) in [7, 11) is 0. The minimum absolute atomic E-state index is 0.139. The Labute approximate surface area is 150 Å². The molecule has 1 aliphatic carbocycles. The average molecular weight is 346 g/mol. The summed E-state index contributed by atoms with van der Waals surface area (Å²) in [5.41, 5.74) is 0.570. The largest absolute Gasteiger partial charge is 0.492 e. The highest BCUT2D eigenvalue weighted by atomic mass is 16.5. The lowest BCUT2D eigenvalue weighted by molar-refractivity contribution is -0.120. The van der Waals surface area contributed by atoms with Gasteiger partial charge in [-0.15, -0.1) is 0 Å². The zero-order valence-electron chi connectivity index (χ0n) is 15.6. The van der Waals surface area contributed by atoms with E-state index < -0.39 is 5.60 Å². The first-order valence-electron chi connectivity index (χ1n) is 9.54. The van der Waals surface area contributed by atoms with Crippen molar-refractivity contribution in [1.29, 1.82) is 0 Å². The fourth-order valence-electron chi connectivity index (χ4n) is 3.77. The molecule has 1 N–H and O–H groups in total. The molecule has 1 amide bonds. The molecule has 0 aromatic carbocycles. The average Bonchev–Trinajstić information content (AvgIpc) is 2.55. The number of aryl methyl sites for hydroxylation is 1. The van der Waals surface area contributed by atoms with E-state index in [0.717, 1.165) is 49.2 Å². The zero-order chi connectivity index (χ0) is 18.0. The summed E-state index contributed by atoms with van der Waals surface area (Å²) in [5, 5.41) is 10.2. The number of pyridine rings is 1. The van der Waals surface area contributed by atoms with Crippen LogP contribution in [0, 0.1) is 11.8 Å². The standard InChI is InChI=1S/C20H30N2O3/c1-4-20(24)10-15(11-20)13-22-18(23)6-5-16-9-17(12-21-19(16)22)25-8-7-14(2)3/h9,12,14-15,24H,4-8,10-11,13H2,1-3H3/t15-,20+. The van der Waals surface area contributed by atoms with E-state index in [0.29, 0.717) is 31.4 Å². The molecule has 0 spiro atoms. The number of carbonyl (C=O) groups excluding carboxylic acids is 1. The first-order chi connectivity index (χ1) is 11.9. The summed E-state index contributed by atoms with van der Waals surface area (Å²) in [5.74, 6) is 2.68. The predicted octanol–water partition coefficient (Wildman–Crippen LogP) is 3.34. The number of nitrogens with zero attached hydrogens (tertiary/aromatic N) is 2. The molecule has 0 atom stereocenters. The first kappa shape index (κ1) is 18.2. The maximum absolute atomic E-state index is 12.4. The number of amides is 1. The van der Waals surface area contributed by atoms with Crippen molar-refractivity contribution >= 4 is 11.7 Å². The topological polar surface area (TPSA) is 62.7 Å². The van der Waals surface area contributed by atoms with Gasteiger partial charge in [0.2, 0.25) is 5.91 Å². The van der Waals surface area contributed by atoms with Crippen LogP contribution in [0.25, 0.3) is 0 Å².